The minimum atomic E-state index is -0.344. The highest BCUT2D eigenvalue weighted by molar-refractivity contribution is 6.05. The standard InChI is InChI=1S/C22H17N5O3/c1-13-24-25-20-10-9-17(26-27(13)20)14-5-3-7-16(11-14)23-22(28)19-12-15-6-4-8-18(29-2)21(15)30-19/h3-12H,1-2H3,(H,23,28). The number of anilines is 1. The third kappa shape index (κ3) is 3.04. The maximum Gasteiger partial charge on any atom is 0.291 e. The van der Waals surface area contributed by atoms with Gasteiger partial charge in [0.05, 0.1) is 12.8 Å². The van der Waals surface area contributed by atoms with Crippen molar-refractivity contribution in [3.63, 3.8) is 0 Å². The normalized spacial score (nSPS) is 11.1. The van der Waals surface area contributed by atoms with Crippen molar-refractivity contribution < 1.29 is 13.9 Å². The van der Waals surface area contributed by atoms with Crippen LogP contribution in [0.2, 0.25) is 0 Å². The molecule has 8 heteroatoms. The SMILES string of the molecule is COc1cccc2cc(C(=O)Nc3cccc(-c4ccc5nnc(C)n5n4)c3)oc12. The highest BCUT2D eigenvalue weighted by Gasteiger charge is 2.15. The first-order valence-electron chi connectivity index (χ1n) is 9.30. The maximum absolute atomic E-state index is 12.7. The van der Waals surface area contributed by atoms with Crippen LogP contribution in [0.4, 0.5) is 5.69 Å². The summed E-state index contributed by atoms with van der Waals surface area (Å²) in [6.07, 6.45) is 0. The Labute approximate surface area is 171 Å². The number of furan rings is 1. The molecule has 0 bridgehead atoms. The second-order valence-corrected chi connectivity index (χ2v) is 6.76. The Balaban J connectivity index is 1.44. The molecule has 0 atom stereocenters. The van der Waals surface area contributed by atoms with E-state index in [0.717, 1.165) is 16.6 Å². The number of amides is 1. The molecule has 0 aliphatic heterocycles. The molecule has 1 N–H and O–H groups in total. The van der Waals surface area contributed by atoms with Gasteiger partial charge in [-0.25, -0.2) is 0 Å². The van der Waals surface area contributed by atoms with Gasteiger partial charge in [0.2, 0.25) is 0 Å². The number of aryl methyl sites for hydroxylation is 1. The van der Waals surface area contributed by atoms with Crippen molar-refractivity contribution in [2.24, 2.45) is 0 Å². The number of methoxy groups -OCH3 is 1. The summed E-state index contributed by atoms with van der Waals surface area (Å²) >= 11 is 0. The molecule has 3 heterocycles. The van der Waals surface area contributed by atoms with E-state index in [1.54, 1.807) is 23.8 Å². The Morgan fingerprint density at radius 3 is 2.80 bits per heavy atom. The van der Waals surface area contributed by atoms with Gasteiger partial charge in [0.15, 0.2) is 28.6 Å². The summed E-state index contributed by atoms with van der Waals surface area (Å²) in [5, 5.41) is 16.3. The number of carbonyl (C=O) groups excluding carboxylic acids is 1. The number of ether oxygens (including phenoxy) is 1. The molecule has 0 aliphatic carbocycles. The lowest BCUT2D eigenvalue weighted by Crippen LogP contribution is -2.10. The predicted molar refractivity (Wildman–Crippen MR) is 112 cm³/mol. The number of benzene rings is 2. The second-order valence-electron chi connectivity index (χ2n) is 6.76. The number of nitrogens with zero attached hydrogens (tertiary/aromatic N) is 4. The number of carbonyl (C=O) groups is 1. The number of aromatic nitrogens is 4. The van der Waals surface area contributed by atoms with E-state index in [2.05, 4.69) is 20.6 Å². The lowest BCUT2D eigenvalue weighted by molar-refractivity contribution is 0.0998. The molecular weight excluding hydrogens is 382 g/mol. The number of hydrogen-bond acceptors (Lipinski definition) is 6. The van der Waals surface area contributed by atoms with E-state index < -0.39 is 0 Å². The minimum absolute atomic E-state index is 0.208. The molecule has 5 rings (SSSR count). The summed E-state index contributed by atoms with van der Waals surface area (Å²) in [6.45, 7) is 1.84. The fourth-order valence-electron chi connectivity index (χ4n) is 3.31. The fraction of sp³-hybridized carbons (Fsp3) is 0.0909. The Kier molecular flexibility index (Phi) is 4.17. The summed E-state index contributed by atoms with van der Waals surface area (Å²) in [7, 11) is 1.56. The quantitative estimate of drug-likeness (QED) is 0.489. The van der Waals surface area contributed by atoms with Gasteiger partial charge in [-0.1, -0.05) is 24.3 Å². The molecule has 1 amide bonds. The smallest absolute Gasteiger partial charge is 0.291 e. The second kappa shape index (κ2) is 7.00. The Morgan fingerprint density at radius 1 is 1.07 bits per heavy atom. The zero-order valence-electron chi connectivity index (χ0n) is 16.3. The van der Waals surface area contributed by atoms with Crippen LogP contribution in [0.5, 0.6) is 5.75 Å². The first-order chi connectivity index (χ1) is 14.6. The van der Waals surface area contributed by atoms with Crippen LogP contribution >= 0.6 is 0 Å². The average molecular weight is 399 g/mol. The highest BCUT2D eigenvalue weighted by atomic mass is 16.5. The van der Waals surface area contributed by atoms with Crippen LogP contribution in [0.15, 0.2) is 65.1 Å². The van der Waals surface area contributed by atoms with Crippen molar-refractivity contribution in [1.29, 1.82) is 0 Å². The van der Waals surface area contributed by atoms with Crippen LogP contribution in [0.3, 0.4) is 0 Å². The summed E-state index contributed by atoms with van der Waals surface area (Å²) in [5.74, 6) is 1.15. The van der Waals surface area contributed by atoms with Gasteiger partial charge >= 0.3 is 0 Å². The summed E-state index contributed by atoms with van der Waals surface area (Å²) in [4.78, 5) is 12.7. The van der Waals surface area contributed by atoms with Gasteiger partial charge in [-0.15, -0.1) is 10.2 Å². The molecule has 148 valence electrons. The topological polar surface area (TPSA) is 94.5 Å². The van der Waals surface area contributed by atoms with Gasteiger partial charge in [-0.3, -0.25) is 4.79 Å². The van der Waals surface area contributed by atoms with E-state index in [-0.39, 0.29) is 11.7 Å². The molecule has 2 aromatic carbocycles. The van der Waals surface area contributed by atoms with E-state index in [0.29, 0.717) is 28.5 Å². The molecule has 0 fully saturated rings. The molecule has 30 heavy (non-hydrogen) atoms. The molecule has 3 aromatic heterocycles. The van der Waals surface area contributed by atoms with Gasteiger partial charge in [-0.2, -0.15) is 9.61 Å². The molecule has 0 unspecified atom stereocenters. The molecule has 0 aliphatic rings. The summed E-state index contributed by atoms with van der Waals surface area (Å²) < 4.78 is 12.7. The van der Waals surface area contributed by atoms with Crippen LogP contribution < -0.4 is 10.1 Å². The van der Waals surface area contributed by atoms with E-state index in [1.165, 1.54) is 0 Å². The van der Waals surface area contributed by atoms with Crippen LogP contribution in [-0.2, 0) is 0 Å². The fourth-order valence-corrected chi connectivity index (χ4v) is 3.31. The molecule has 5 aromatic rings. The van der Waals surface area contributed by atoms with E-state index in [4.69, 9.17) is 9.15 Å². The van der Waals surface area contributed by atoms with Gasteiger partial charge in [0.1, 0.15) is 0 Å². The number of fused-ring (bicyclic) bond motifs is 2. The van der Waals surface area contributed by atoms with Crippen molar-refractivity contribution in [2.75, 3.05) is 12.4 Å². The van der Waals surface area contributed by atoms with Crippen LogP contribution in [0, 0.1) is 6.92 Å². The predicted octanol–water partition coefficient (Wildman–Crippen LogP) is 4.11. The summed E-state index contributed by atoms with van der Waals surface area (Å²) in [5.41, 5.74) is 3.46. The van der Waals surface area contributed by atoms with Crippen molar-refractivity contribution in [1.82, 2.24) is 19.8 Å². The third-order valence-corrected chi connectivity index (χ3v) is 4.79. The van der Waals surface area contributed by atoms with Crippen molar-refractivity contribution in [2.45, 2.75) is 6.92 Å². The molecule has 0 radical (unpaired) electrons. The molecule has 8 nitrogen and oxygen atoms in total. The van der Waals surface area contributed by atoms with Gasteiger partial charge in [0.25, 0.3) is 5.91 Å². The monoisotopic (exact) mass is 399 g/mol. The Hall–Kier alpha value is -4.20. The lowest BCUT2D eigenvalue weighted by atomic mass is 10.1. The lowest BCUT2D eigenvalue weighted by Gasteiger charge is -2.06. The molecule has 0 spiro atoms. The zero-order chi connectivity index (χ0) is 20.7. The van der Waals surface area contributed by atoms with Crippen molar-refractivity contribution >= 4 is 28.2 Å². The zero-order valence-corrected chi connectivity index (χ0v) is 16.3. The van der Waals surface area contributed by atoms with E-state index in [1.807, 2.05) is 55.5 Å². The summed E-state index contributed by atoms with van der Waals surface area (Å²) in [6, 6.07) is 18.4. The minimum Gasteiger partial charge on any atom is -0.493 e. The van der Waals surface area contributed by atoms with Gasteiger partial charge < -0.3 is 14.5 Å². The highest BCUT2D eigenvalue weighted by Crippen LogP contribution is 2.29. The van der Waals surface area contributed by atoms with E-state index >= 15 is 0 Å². The largest absolute Gasteiger partial charge is 0.493 e. The van der Waals surface area contributed by atoms with Gasteiger partial charge in [-0.05, 0) is 43.3 Å². The first kappa shape index (κ1) is 17.9. The molecular formula is C22H17N5O3. The number of para-hydroxylation sites is 1. The first-order valence-corrected chi connectivity index (χ1v) is 9.30. The van der Waals surface area contributed by atoms with Crippen LogP contribution in [0.25, 0.3) is 27.9 Å². The van der Waals surface area contributed by atoms with Crippen LogP contribution in [-0.4, -0.2) is 32.8 Å². The number of hydrogen-bond donors (Lipinski definition) is 1. The third-order valence-electron chi connectivity index (χ3n) is 4.79. The Morgan fingerprint density at radius 2 is 1.93 bits per heavy atom. The van der Waals surface area contributed by atoms with Crippen molar-refractivity contribution in [3.05, 3.63) is 72.2 Å². The van der Waals surface area contributed by atoms with Crippen LogP contribution in [0.1, 0.15) is 16.4 Å². The number of rotatable bonds is 4. The van der Waals surface area contributed by atoms with E-state index in [9.17, 15) is 4.79 Å². The molecule has 0 saturated heterocycles. The Bertz CT molecular complexity index is 1400. The maximum atomic E-state index is 12.7. The van der Waals surface area contributed by atoms with Gasteiger partial charge in [0, 0.05) is 16.6 Å². The average Bonchev–Trinajstić information content (AvgIpc) is 3.37. The van der Waals surface area contributed by atoms with Crippen molar-refractivity contribution in [3.8, 4) is 17.0 Å². The number of nitrogens with one attached hydrogen (secondary N) is 1. The molecule has 0 saturated carbocycles.